The van der Waals surface area contributed by atoms with Crippen LogP contribution >= 0.6 is 15.9 Å². The van der Waals surface area contributed by atoms with E-state index in [9.17, 15) is 9.90 Å². The molecule has 0 radical (unpaired) electrons. The largest absolute Gasteiger partial charge is 0.491 e. The van der Waals surface area contributed by atoms with Crippen LogP contribution in [-0.2, 0) is 4.74 Å². The number of aliphatic hydroxyl groups excluding tert-OH is 2. The van der Waals surface area contributed by atoms with Crippen molar-refractivity contribution in [1.29, 1.82) is 0 Å². The minimum absolute atomic E-state index is 0.0408. The molecule has 0 aliphatic carbocycles. The van der Waals surface area contributed by atoms with Gasteiger partial charge in [0.2, 0.25) is 0 Å². The van der Waals surface area contributed by atoms with Crippen LogP contribution in [0.3, 0.4) is 0 Å². The number of carbonyl (C=O) groups excluding carboxylic acids is 1. The summed E-state index contributed by atoms with van der Waals surface area (Å²) in [5, 5.41) is 21.3. The fourth-order valence-corrected chi connectivity index (χ4v) is 3.10. The number of nitrogens with one attached hydrogen (secondary N) is 1. The van der Waals surface area contributed by atoms with Gasteiger partial charge in [0.05, 0.1) is 6.61 Å². The van der Waals surface area contributed by atoms with E-state index in [1.165, 1.54) is 0 Å². The van der Waals surface area contributed by atoms with Gasteiger partial charge in [-0.15, -0.1) is 0 Å². The molecule has 6 nitrogen and oxygen atoms in total. The third-order valence-corrected chi connectivity index (χ3v) is 4.86. The van der Waals surface area contributed by atoms with Crippen molar-refractivity contribution in [2.75, 3.05) is 25.1 Å². The van der Waals surface area contributed by atoms with Crippen LogP contribution in [0.15, 0.2) is 53.0 Å². The molecule has 2 aromatic rings. The summed E-state index contributed by atoms with van der Waals surface area (Å²) < 4.78 is 12.3. The third-order valence-electron chi connectivity index (χ3n) is 4.33. The number of hydrogen-bond donors (Lipinski definition) is 3. The lowest BCUT2D eigenvalue weighted by Gasteiger charge is -2.34. The predicted molar refractivity (Wildman–Crippen MR) is 111 cm³/mol. The number of amides is 1. The van der Waals surface area contributed by atoms with Crippen LogP contribution in [0.1, 0.15) is 31.9 Å². The summed E-state index contributed by atoms with van der Waals surface area (Å²) in [5.74, 6) is 0.531. The van der Waals surface area contributed by atoms with Crippen molar-refractivity contribution in [2.45, 2.75) is 26.4 Å². The molecule has 2 aromatic carbocycles. The number of ether oxygens (including phenoxy) is 2. The first kappa shape index (κ1) is 22.2. The van der Waals surface area contributed by atoms with Crippen LogP contribution in [-0.4, -0.2) is 36.1 Å². The summed E-state index contributed by atoms with van der Waals surface area (Å²) in [6, 6.07) is 14.4. The maximum Gasteiger partial charge on any atom is 0.412 e. The van der Waals surface area contributed by atoms with Gasteiger partial charge in [0, 0.05) is 27.7 Å². The van der Waals surface area contributed by atoms with Crippen LogP contribution in [0.4, 0.5) is 10.5 Å². The molecule has 0 aliphatic heterocycles. The van der Waals surface area contributed by atoms with Gasteiger partial charge in [-0.3, -0.25) is 5.32 Å². The summed E-state index contributed by atoms with van der Waals surface area (Å²) in [4.78, 5) is 12.6. The molecule has 2 rings (SSSR count). The smallest absolute Gasteiger partial charge is 0.412 e. The highest BCUT2D eigenvalue weighted by molar-refractivity contribution is 9.10. The zero-order valence-electron chi connectivity index (χ0n) is 16.0. The summed E-state index contributed by atoms with van der Waals surface area (Å²) in [6.45, 7) is 3.81. The summed E-state index contributed by atoms with van der Waals surface area (Å²) >= 11 is 3.36. The molecule has 0 bridgehead atoms. The van der Waals surface area contributed by atoms with Gasteiger partial charge in [-0.05, 0) is 36.8 Å². The molecule has 0 saturated carbocycles. The van der Waals surface area contributed by atoms with Crippen LogP contribution in [0, 0.1) is 5.41 Å². The number of halogens is 1. The average Bonchev–Trinajstić information content (AvgIpc) is 2.66. The lowest BCUT2D eigenvalue weighted by molar-refractivity contribution is 0.0133. The Labute approximate surface area is 173 Å². The maximum atomic E-state index is 12.6. The van der Waals surface area contributed by atoms with E-state index in [1.54, 1.807) is 18.2 Å². The van der Waals surface area contributed by atoms with E-state index >= 15 is 0 Å². The SMILES string of the molecule is CC(C)(CCO)[C@H](OC(=O)Nc1ccc(Br)cc1)c1ccccc1OCCO. The lowest BCUT2D eigenvalue weighted by atomic mass is 9.79. The fraction of sp³-hybridized carbons (Fsp3) is 0.381. The number of aliphatic hydroxyl groups is 2. The Morgan fingerprint density at radius 3 is 2.43 bits per heavy atom. The molecule has 3 N–H and O–H groups in total. The van der Waals surface area contributed by atoms with Gasteiger partial charge in [-0.1, -0.05) is 48.0 Å². The van der Waals surface area contributed by atoms with E-state index in [1.807, 2.05) is 44.2 Å². The molecular formula is C21H26BrNO5. The van der Waals surface area contributed by atoms with E-state index in [2.05, 4.69) is 21.2 Å². The van der Waals surface area contributed by atoms with Crippen molar-refractivity contribution in [3.63, 3.8) is 0 Å². The van der Waals surface area contributed by atoms with Crippen LogP contribution in [0.25, 0.3) is 0 Å². The van der Waals surface area contributed by atoms with Crippen molar-refractivity contribution in [3.8, 4) is 5.75 Å². The second-order valence-electron chi connectivity index (χ2n) is 6.99. The van der Waals surface area contributed by atoms with Gasteiger partial charge in [0.1, 0.15) is 18.5 Å². The molecule has 28 heavy (non-hydrogen) atoms. The molecule has 1 atom stereocenters. The van der Waals surface area contributed by atoms with Crippen LogP contribution in [0.2, 0.25) is 0 Å². The van der Waals surface area contributed by atoms with E-state index in [0.29, 0.717) is 23.4 Å². The molecule has 0 aromatic heterocycles. The minimum atomic E-state index is -0.662. The number of rotatable bonds is 9. The van der Waals surface area contributed by atoms with Gasteiger partial charge in [-0.25, -0.2) is 4.79 Å². The predicted octanol–water partition coefficient (Wildman–Crippen LogP) is 4.52. The summed E-state index contributed by atoms with van der Waals surface area (Å²) in [7, 11) is 0. The van der Waals surface area contributed by atoms with Crippen LogP contribution in [0.5, 0.6) is 5.75 Å². The zero-order chi connectivity index (χ0) is 20.6. The fourth-order valence-electron chi connectivity index (χ4n) is 2.83. The van der Waals surface area contributed by atoms with Gasteiger partial charge in [0.15, 0.2) is 0 Å². The molecule has 0 heterocycles. The van der Waals surface area contributed by atoms with Crippen molar-refractivity contribution < 1.29 is 24.5 Å². The second kappa shape index (κ2) is 10.5. The number of carbonyl (C=O) groups is 1. The monoisotopic (exact) mass is 451 g/mol. The second-order valence-corrected chi connectivity index (χ2v) is 7.90. The van der Waals surface area contributed by atoms with Crippen molar-refractivity contribution in [2.24, 2.45) is 5.41 Å². The molecular weight excluding hydrogens is 426 g/mol. The molecule has 152 valence electrons. The number of para-hydroxylation sites is 1. The van der Waals surface area contributed by atoms with Crippen molar-refractivity contribution >= 4 is 27.7 Å². The Morgan fingerprint density at radius 1 is 1.11 bits per heavy atom. The number of benzene rings is 2. The average molecular weight is 452 g/mol. The summed E-state index contributed by atoms with van der Waals surface area (Å²) in [6.07, 6.45) is -0.835. The molecule has 0 unspecified atom stereocenters. The Bertz CT molecular complexity index is 764. The molecule has 0 spiro atoms. The van der Waals surface area contributed by atoms with Gasteiger partial charge in [-0.2, -0.15) is 0 Å². The van der Waals surface area contributed by atoms with E-state index in [0.717, 1.165) is 4.47 Å². The highest BCUT2D eigenvalue weighted by atomic mass is 79.9. The zero-order valence-corrected chi connectivity index (χ0v) is 17.6. The topological polar surface area (TPSA) is 88.0 Å². The minimum Gasteiger partial charge on any atom is -0.491 e. The summed E-state index contributed by atoms with van der Waals surface area (Å²) in [5.41, 5.74) is 0.738. The van der Waals surface area contributed by atoms with E-state index in [-0.39, 0.29) is 19.8 Å². The van der Waals surface area contributed by atoms with E-state index < -0.39 is 17.6 Å². The Hall–Kier alpha value is -2.09. The number of hydrogen-bond acceptors (Lipinski definition) is 5. The third kappa shape index (κ3) is 6.22. The molecule has 0 fully saturated rings. The standard InChI is InChI=1S/C21H26BrNO5/c1-21(2,11-12-24)19(17-5-3-4-6-18(17)27-14-13-25)28-20(26)23-16-9-7-15(22)8-10-16/h3-10,19,24-25H,11-14H2,1-2H3,(H,23,26)/t19-/m1/s1. The van der Waals surface area contributed by atoms with Crippen molar-refractivity contribution in [1.82, 2.24) is 0 Å². The molecule has 1 amide bonds. The number of anilines is 1. The normalized spacial score (nSPS) is 12.3. The Morgan fingerprint density at radius 2 is 1.79 bits per heavy atom. The van der Waals surface area contributed by atoms with E-state index in [4.69, 9.17) is 14.6 Å². The van der Waals surface area contributed by atoms with Gasteiger partial charge >= 0.3 is 6.09 Å². The highest BCUT2D eigenvalue weighted by Crippen LogP contribution is 2.43. The van der Waals surface area contributed by atoms with Gasteiger partial charge in [0.25, 0.3) is 0 Å². The van der Waals surface area contributed by atoms with Crippen LogP contribution < -0.4 is 10.1 Å². The van der Waals surface area contributed by atoms with Gasteiger partial charge < -0.3 is 19.7 Å². The molecule has 0 saturated heterocycles. The first-order chi connectivity index (χ1) is 13.4. The van der Waals surface area contributed by atoms with Crippen molar-refractivity contribution in [3.05, 3.63) is 58.6 Å². The lowest BCUT2D eigenvalue weighted by Crippen LogP contribution is -2.30. The Kier molecular flexibility index (Phi) is 8.29. The quantitative estimate of drug-likeness (QED) is 0.521. The highest BCUT2D eigenvalue weighted by Gasteiger charge is 2.35. The first-order valence-corrected chi connectivity index (χ1v) is 9.83. The molecule has 0 aliphatic rings. The molecule has 7 heteroatoms. The first-order valence-electron chi connectivity index (χ1n) is 9.04. The maximum absolute atomic E-state index is 12.6. The Balaban J connectivity index is 2.27.